The first kappa shape index (κ1) is 23.1. The van der Waals surface area contributed by atoms with Crippen LogP contribution in [0.5, 0.6) is 5.75 Å². The molecule has 1 saturated heterocycles. The van der Waals surface area contributed by atoms with Crippen molar-refractivity contribution in [2.24, 2.45) is 0 Å². The molecule has 1 aliphatic heterocycles. The van der Waals surface area contributed by atoms with Crippen molar-refractivity contribution in [3.63, 3.8) is 0 Å². The Hall–Kier alpha value is -2.57. The van der Waals surface area contributed by atoms with E-state index in [0.29, 0.717) is 18.0 Å². The van der Waals surface area contributed by atoms with Crippen LogP contribution in [0.25, 0.3) is 0 Å². The number of hydrogen-bond donors (Lipinski definition) is 2. The van der Waals surface area contributed by atoms with E-state index in [9.17, 15) is 4.79 Å². The first-order chi connectivity index (χ1) is 15.2. The third kappa shape index (κ3) is 7.56. The molecule has 2 amide bonds. The smallest absolute Gasteiger partial charge is 0.319 e. The molecule has 0 radical (unpaired) electrons. The molecule has 6 nitrogen and oxygen atoms in total. The maximum Gasteiger partial charge on any atom is 0.319 e. The molecule has 0 aliphatic carbocycles. The Balaban J connectivity index is 1.43. The van der Waals surface area contributed by atoms with Gasteiger partial charge in [0.05, 0.1) is 5.69 Å². The molecule has 1 aliphatic rings. The second-order valence-corrected chi connectivity index (χ2v) is 8.01. The van der Waals surface area contributed by atoms with Gasteiger partial charge in [0.1, 0.15) is 12.4 Å². The maximum atomic E-state index is 12.6. The molecule has 2 aromatic carbocycles. The minimum atomic E-state index is -0.165. The van der Waals surface area contributed by atoms with Gasteiger partial charge < -0.3 is 20.3 Å². The zero-order valence-corrected chi connectivity index (χ0v) is 18.8. The van der Waals surface area contributed by atoms with Crippen LogP contribution in [0.1, 0.15) is 32.3 Å². The summed E-state index contributed by atoms with van der Waals surface area (Å²) in [6.07, 6.45) is 1.92. The van der Waals surface area contributed by atoms with E-state index in [-0.39, 0.29) is 12.1 Å². The average Bonchev–Trinajstić information content (AvgIpc) is 2.80. The third-order valence-corrected chi connectivity index (χ3v) is 5.87. The highest BCUT2D eigenvalue weighted by atomic mass is 16.5. The fraction of sp³-hybridized carbons (Fsp3) is 0.480. The topological polar surface area (TPSA) is 56.8 Å². The molecule has 2 aromatic rings. The Labute approximate surface area is 186 Å². The Morgan fingerprint density at radius 2 is 1.71 bits per heavy atom. The third-order valence-electron chi connectivity index (χ3n) is 5.87. The summed E-state index contributed by atoms with van der Waals surface area (Å²) >= 11 is 0. The van der Waals surface area contributed by atoms with Crippen LogP contribution in [0, 0.1) is 0 Å². The lowest BCUT2D eigenvalue weighted by molar-refractivity contribution is 0.190. The quantitative estimate of drug-likeness (QED) is 0.600. The zero-order chi connectivity index (χ0) is 21.9. The summed E-state index contributed by atoms with van der Waals surface area (Å²) in [6, 6.07) is 18.2. The predicted octanol–water partition coefficient (Wildman–Crippen LogP) is 4.19. The van der Waals surface area contributed by atoms with Crippen LogP contribution in [0.2, 0.25) is 0 Å². The molecule has 0 spiro atoms. The molecular weight excluding hydrogens is 388 g/mol. The van der Waals surface area contributed by atoms with Crippen molar-refractivity contribution in [1.29, 1.82) is 0 Å². The second kappa shape index (κ2) is 12.3. The predicted molar refractivity (Wildman–Crippen MR) is 127 cm³/mol. The lowest BCUT2D eigenvalue weighted by atomic mass is 10.0. The number of likely N-dealkylation sites (tertiary alicyclic amines) is 1. The summed E-state index contributed by atoms with van der Waals surface area (Å²) in [4.78, 5) is 17.3. The molecule has 0 atom stereocenters. The van der Waals surface area contributed by atoms with Gasteiger partial charge in [0.2, 0.25) is 0 Å². The highest BCUT2D eigenvalue weighted by molar-refractivity contribution is 5.91. The number of nitrogens with zero attached hydrogens (tertiary/aromatic N) is 2. The average molecular weight is 425 g/mol. The molecule has 2 N–H and O–H groups in total. The van der Waals surface area contributed by atoms with E-state index >= 15 is 0 Å². The van der Waals surface area contributed by atoms with Gasteiger partial charge in [-0.2, -0.15) is 0 Å². The summed E-state index contributed by atoms with van der Waals surface area (Å²) in [5, 5.41) is 6.10. The minimum absolute atomic E-state index is 0.165. The maximum absolute atomic E-state index is 12.6. The van der Waals surface area contributed by atoms with E-state index < -0.39 is 0 Å². The fourth-order valence-corrected chi connectivity index (χ4v) is 3.94. The van der Waals surface area contributed by atoms with Gasteiger partial charge in [0.15, 0.2) is 0 Å². The number of rotatable bonds is 10. The van der Waals surface area contributed by atoms with Crippen molar-refractivity contribution < 1.29 is 9.53 Å². The molecule has 31 heavy (non-hydrogen) atoms. The van der Waals surface area contributed by atoms with Crippen molar-refractivity contribution in [2.45, 2.75) is 39.3 Å². The van der Waals surface area contributed by atoms with E-state index in [2.05, 4.69) is 58.5 Å². The van der Waals surface area contributed by atoms with Gasteiger partial charge in [-0.05, 0) is 43.6 Å². The van der Waals surface area contributed by atoms with E-state index in [1.165, 1.54) is 5.56 Å². The van der Waals surface area contributed by atoms with Gasteiger partial charge in [0.25, 0.3) is 0 Å². The molecule has 1 fully saturated rings. The Kier molecular flexibility index (Phi) is 9.18. The number of ether oxygens (including phenoxy) is 1. The number of carbonyl (C=O) groups excluding carboxylic acids is 1. The van der Waals surface area contributed by atoms with Crippen LogP contribution < -0.4 is 15.4 Å². The highest BCUT2D eigenvalue weighted by Crippen LogP contribution is 2.24. The number of carbonyl (C=O) groups is 1. The number of benzene rings is 2. The number of urea groups is 1. The first-order valence-corrected chi connectivity index (χ1v) is 11.5. The van der Waals surface area contributed by atoms with E-state index in [1.54, 1.807) is 0 Å². The second-order valence-electron chi connectivity index (χ2n) is 8.01. The summed E-state index contributed by atoms with van der Waals surface area (Å²) in [7, 11) is 0. The van der Waals surface area contributed by atoms with Crippen LogP contribution in [-0.2, 0) is 6.54 Å². The number of para-hydroxylation sites is 2. The fourth-order valence-electron chi connectivity index (χ4n) is 3.94. The SMILES string of the molecule is CCN(CC)CCOc1ccccc1NC(=O)NC1CCN(Cc2ccccc2)CC1. The lowest BCUT2D eigenvalue weighted by Gasteiger charge is -2.32. The van der Waals surface area contributed by atoms with Crippen LogP contribution in [0.4, 0.5) is 10.5 Å². The van der Waals surface area contributed by atoms with Crippen LogP contribution >= 0.6 is 0 Å². The first-order valence-electron chi connectivity index (χ1n) is 11.5. The molecule has 1 heterocycles. The van der Waals surface area contributed by atoms with Gasteiger partial charge in [-0.3, -0.25) is 4.90 Å². The Bertz CT molecular complexity index is 787. The molecule has 168 valence electrons. The standard InChI is InChI=1S/C25H36N4O2/c1-3-28(4-2)18-19-31-24-13-9-8-12-23(24)27-25(30)26-22-14-16-29(17-15-22)20-21-10-6-5-7-11-21/h5-13,22H,3-4,14-20H2,1-2H3,(H2,26,27,30). The van der Waals surface area contributed by atoms with E-state index in [0.717, 1.165) is 52.1 Å². The van der Waals surface area contributed by atoms with Crippen LogP contribution in [0.15, 0.2) is 54.6 Å². The highest BCUT2D eigenvalue weighted by Gasteiger charge is 2.21. The van der Waals surface area contributed by atoms with Gasteiger partial charge >= 0.3 is 6.03 Å². The van der Waals surface area contributed by atoms with Crippen molar-refractivity contribution in [3.8, 4) is 5.75 Å². The van der Waals surface area contributed by atoms with Crippen molar-refractivity contribution >= 4 is 11.7 Å². The number of amides is 2. The number of nitrogens with one attached hydrogen (secondary N) is 2. The molecule has 0 aromatic heterocycles. The summed E-state index contributed by atoms with van der Waals surface area (Å²) in [5.74, 6) is 0.711. The van der Waals surface area contributed by atoms with E-state index in [1.807, 2.05) is 30.3 Å². The van der Waals surface area contributed by atoms with Crippen LogP contribution in [0.3, 0.4) is 0 Å². The number of hydrogen-bond acceptors (Lipinski definition) is 4. The molecule has 3 rings (SSSR count). The summed E-state index contributed by atoms with van der Waals surface area (Å²) in [6.45, 7) is 10.7. The van der Waals surface area contributed by atoms with E-state index in [4.69, 9.17) is 4.74 Å². The molecule has 6 heteroatoms. The van der Waals surface area contributed by atoms with Crippen molar-refractivity contribution in [1.82, 2.24) is 15.1 Å². The summed E-state index contributed by atoms with van der Waals surface area (Å²) in [5.41, 5.74) is 2.05. The number of piperidine rings is 1. The number of anilines is 1. The van der Waals surface area contributed by atoms with Crippen molar-refractivity contribution in [3.05, 3.63) is 60.2 Å². The van der Waals surface area contributed by atoms with Gasteiger partial charge in [-0.25, -0.2) is 4.79 Å². The molecule has 0 saturated carbocycles. The van der Waals surface area contributed by atoms with Gasteiger partial charge in [0, 0.05) is 32.2 Å². The van der Waals surface area contributed by atoms with Gasteiger partial charge in [-0.15, -0.1) is 0 Å². The zero-order valence-electron chi connectivity index (χ0n) is 18.8. The van der Waals surface area contributed by atoms with Gasteiger partial charge in [-0.1, -0.05) is 56.3 Å². The molecular formula is C25H36N4O2. The Morgan fingerprint density at radius 3 is 2.42 bits per heavy atom. The number of likely N-dealkylation sites (N-methyl/N-ethyl adjacent to an activating group) is 1. The Morgan fingerprint density at radius 1 is 1.03 bits per heavy atom. The normalized spacial score (nSPS) is 15.1. The largest absolute Gasteiger partial charge is 0.490 e. The summed E-state index contributed by atoms with van der Waals surface area (Å²) < 4.78 is 5.94. The molecule has 0 bridgehead atoms. The van der Waals surface area contributed by atoms with Crippen molar-refractivity contribution in [2.75, 3.05) is 44.6 Å². The molecule has 0 unspecified atom stereocenters. The monoisotopic (exact) mass is 424 g/mol. The lowest BCUT2D eigenvalue weighted by Crippen LogP contribution is -2.45. The van der Waals surface area contributed by atoms with Crippen LogP contribution in [-0.4, -0.2) is 61.2 Å². The minimum Gasteiger partial charge on any atom is -0.490 e.